The molecule has 21 heavy (non-hydrogen) atoms. The van der Waals surface area contributed by atoms with E-state index in [1.54, 1.807) is 0 Å². The molecular formula is C16H12N4O. The Bertz CT molecular complexity index is 866. The average molecular weight is 276 g/mol. The number of hydrogen-bond donors (Lipinski definition) is 1. The van der Waals surface area contributed by atoms with Crippen molar-refractivity contribution in [3.8, 4) is 11.1 Å². The van der Waals surface area contributed by atoms with Gasteiger partial charge in [-0.1, -0.05) is 53.7 Å². The van der Waals surface area contributed by atoms with E-state index in [0.717, 1.165) is 27.9 Å². The predicted octanol–water partition coefficient (Wildman–Crippen LogP) is 3.20. The van der Waals surface area contributed by atoms with Crippen LogP contribution in [0.1, 0.15) is 11.6 Å². The molecule has 5 nitrogen and oxygen atoms in total. The Kier molecular flexibility index (Phi) is 2.74. The van der Waals surface area contributed by atoms with Gasteiger partial charge in [-0.3, -0.25) is 0 Å². The van der Waals surface area contributed by atoms with Gasteiger partial charge in [-0.25, -0.2) is 0 Å². The van der Waals surface area contributed by atoms with Gasteiger partial charge in [0.2, 0.25) is 0 Å². The molecule has 0 atom stereocenters. The highest BCUT2D eigenvalue weighted by Crippen LogP contribution is 2.35. The predicted molar refractivity (Wildman–Crippen MR) is 78.6 cm³/mol. The number of aromatic nitrogens is 4. The number of tetrazole rings is 1. The Morgan fingerprint density at radius 1 is 0.952 bits per heavy atom. The van der Waals surface area contributed by atoms with Crippen molar-refractivity contribution in [3.05, 3.63) is 66.2 Å². The van der Waals surface area contributed by atoms with Gasteiger partial charge in [0.25, 0.3) is 0 Å². The van der Waals surface area contributed by atoms with Gasteiger partial charge < -0.3 is 4.42 Å². The molecule has 0 aliphatic rings. The molecule has 4 aromatic rings. The van der Waals surface area contributed by atoms with Crippen LogP contribution in [0.25, 0.3) is 22.1 Å². The second-order valence-corrected chi connectivity index (χ2v) is 4.77. The van der Waals surface area contributed by atoms with Crippen LogP contribution in [0.3, 0.4) is 0 Å². The SMILES string of the molecule is c1ccc(-c2c(Cc3nn[nH]n3)oc3ccccc23)cc1. The van der Waals surface area contributed by atoms with Gasteiger partial charge in [-0.2, -0.15) is 5.21 Å². The lowest BCUT2D eigenvalue weighted by Gasteiger charge is -2.01. The smallest absolute Gasteiger partial charge is 0.182 e. The number of benzene rings is 2. The summed E-state index contributed by atoms with van der Waals surface area (Å²) in [4.78, 5) is 0. The molecule has 2 aromatic heterocycles. The molecule has 0 saturated heterocycles. The van der Waals surface area contributed by atoms with Crippen LogP contribution in [0.2, 0.25) is 0 Å². The monoisotopic (exact) mass is 276 g/mol. The van der Waals surface area contributed by atoms with Crippen LogP contribution in [-0.4, -0.2) is 20.6 Å². The summed E-state index contributed by atoms with van der Waals surface area (Å²) >= 11 is 0. The fraction of sp³-hybridized carbons (Fsp3) is 0.0625. The second-order valence-electron chi connectivity index (χ2n) is 4.77. The minimum atomic E-state index is 0.509. The topological polar surface area (TPSA) is 67.6 Å². The third-order valence-corrected chi connectivity index (χ3v) is 3.44. The first-order valence-electron chi connectivity index (χ1n) is 6.70. The summed E-state index contributed by atoms with van der Waals surface area (Å²) < 4.78 is 6.01. The Morgan fingerprint density at radius 2 is 1.76 bits per heavy atom. The maximum absolute atomic E-state index is 6.01. The van der Waals surface area contributed by atoms with E-state index in [2.05, 4.69) is 38.8 Å². The Morgan fingerprint density at radius 3 is 2.57 bits per heavy atom. The second kappa shape index (κ2) is 4.86. The van der Waals surface area contributed by atoms with Gasteiger partial charge in [0.1, 0.15) is 11.3 Å². The zero-order chi connectivity index (χ0) is 14.1. The zero-order valence-electron chi connectivity index (χ0n) is 11.2. The van der Waals surface area contributed by atoms with Crippen molar-refractivity contribution in [2.45, 2.75) is 6.42 Å². The van der Waals surface area contributed by atoms with Crippen LogP contribution in [0, 0.1) is 0 Å². The number of furan rings is 1. The normalized spacial score (nSPS) is 11.0. The van der Waals surface area contributed by atoms with Crippen LogP contribution in [0.4, 0.5) is 0 Å². The Balaban J connectivity index is 1.93. The summed E-state index contributed by atoms with van der Waals surface area (Å²) in [5.74, 6) is 1.47. The standard InChI is InChI=1S/C16H12N4O/c1-2-6-11(7-3-1)16-12-8-4-5-9-13(12)21-14(16)10-15-17-19-20-18-15/h1-9H,10H2,(H,17,18,19,20). The summed E-state index contributed by atoms with van der Waals surface area (Å²) in [6, 6.07) is 18.2. The van der Waals surface area contributed by atoms with Crippen molar-refractivity contribution in [2.75, 3.05) is 0 Å². The van der Waals surface area contributed by atoms with Crippen molar-refractivity contribution in [3.63, 3.8) is 0 Å². The first-order chi connectivity index (χ1) is 10.4. The number of nitrogens with one attached hydrogen (secondary N) is 1. The highest BCUT2D eigenvalue weighted by molar-refractivity contribution is 5.95. The molecule has 0 aliphatic heterocycles. The van der Waals surface area contributed by atoms with Crippen molar-refractivity contribution >= 4 is 11.0 Å². The third kappa shape index (κ3) is 2.08. The maximum atomic E-state index is 6.01. The fourth-order valence-corrected chi connectivity index (χ4v) is 2.54. The molecule has 5 heteroatoms. The highest BCUT2D eigenvalue weighted by atomic mass is 16.3. The number of hydrogen-bond acceptors (Lipinski definition) is 4. The van der Waals surface area contributed by atoms with Crippen molar-refractivity contribution in [1.82, 2.24) is 20.6 Å². The van der Waals surface area contributed by atoms with Crippen LogP contribution in [0.5, 0.6) is 0 Å². The third-order valence-electron chi connectivity index (χ3n) is 3.44. The summed E-state index contributed by atoms with van der Waals surface area (Å²) in [6.45, 7) is 0. The molecule has 0 amide bonds. The van der Waals surface area contributed by atoms with Gasteiger partial charge in [0.15, 0.2) is 5.82 Å². The van der Waals surface area contributed by atoms with Gasteiger partial charge in [0, 0.05) is 10.9 Å². The number of para-hydroxylation sites is 1. The lowest BCUT2D eigenvalue weighted by Crippen LogP contribution is -1.91. The van der Waals surface area contributed by atoms with E-state index in [4.69, 9.17) is 4.42 Å². The van der Waals surface area contributed by atoms with E-state index in [1.807, 2.05) is 36.4 Å². The summed E-state index contributed by atoms with van der Waals surface area (Å²) in [6.07, 6.45) is 0.509. The minimum Gasteiger partial charge on any atom is -0.460 e. The molecule has 0 bridgehead atoms. The minimum absolute atomic E-state index is 0.509. The molecule has 1 N–H and O–H groups in total. The molecule has 0 radical (unpaired) electrons. The highest BCUT2D eigenvalue weighted by Gasteiger charge is 2.17. The van der Waals surface area contributed by atoms with Gasteiger partial charge in [-0.05, 0) is 11.6 Å². The summed E-state index contributed by atoms with van der Waals surface area (Å²) in [5, 5.41) is 15.2. The number of rotatable bonds is 3. The first-order valence-corrected chi connectivity index (χ1v) is 6.70. The Hall–Kier alpha value is -2.95. The lowest BCUT2D eigenvalue weighted by molar-refractivity contribution is 0.559. The number of aromatic amines is 1. The van der Waals surface area contributed by atoms with E-state index >= 15 is 0 Å². The van der Waals surface area contributed by atoms with Crippen LogP contribution in [0.15, 0.2) is 59.0 Å². The van der Waals surface area contributed by atoms with Gasteiger partial charge in [-0.15, -0.1) is 10.2 Å². The maximum Gasteiger partial charge on any atom is 0.182 e. The molecule has 2 aromatic carbocycles. The molecule has 0 saturated carbocycles. The molecule has 0 unspecified atom stereocenters. The zero-order valence-corrected chi connectivity index (χ0v) is 11.2. The van der Waals surface area contributed by atoms with Crippen molar-refractivity contribution in [2.24, 2.45) is 0 Å². The van der Waals surface area contributed by atoms with Crippen molar-refractivity contribution in [1.29, 1.82) is 0 Å². The molecule has 0 spiro atoms. The van der Waals surface area contributed by atoms with Crippen LogP contribution in [-0.2, 0) is 6.42 Å². The van der Waals surface area contributed by atoms with E-state index in [1.165, 1.54) is 0 Å². The van der Waals surface area contributed by atoms with Crippen molar-refractivity contribution < 1.29 is 4.42 Å². The number of H-pyrrole nitrogens is 1. The van der Waals surface area contributed by atoms with E-state index in [0.29, 0.717) is 12.2 Å². The fourth-order valence-electron chi connectivity index (χ4n) is 2.54. The number of fused-ring (bicyclic) bond motifs is 1. The van der Waals surface area contributed by atoms with E-state index in [9.17, 15) is 0 Å². The summed E-state index contributed by atoms with van der Waals surface area (Å²) in [7, 11) is 0. The molecule has 0 fully saturated rings. The van der Waals surface area contributed by atoms with Gasteiger partial charge in [0.05, 0.1) is 6.42 Å². The van der Waals surface area contributed by atoms with Crippen LogP contribution >= 0.6 is 0 Å². The lowest BCUT2D eigenvalue weighted by atomic mass is 10.0. The summed E-state index contributed by atoms with van der Waals surface area (Å²) in [5.41, 5.74) is 3.09. The largest absolute Gasteiger partial charge is 0.460 e. The molecular weight excluding hydrogens is 264 g/mol. The average Bonchev–Trinajstić information content (AvgIpc) is 3.15. The Labute approximate surface area is 120 Å². The number of nitrogens with zero attached hydrogens (tertiary/aromatic N) is 3. The van der Waals surface area contributed by atoms with E-state index in [-0.39, 0.29) is 0 Å². The quantitative estimate of drug-likeness (QED) is 0.624. The first kappa shape index (κ1) is 11.8. The van der Waals surface area contributed by atoms with E-state index < -0.39 is 0 Å². The molecule has 0 aliphatic carbocycles. The van der Waals surface area contributed by atoms with Gasteiger partial charge >= 0.3 is 0 Å². The molecule has 4 rings (SSSR count). The molecule has 2 heterocycles. The molecule has 102 valence electrons. The van der Waals surface area contributed by atoms with Crippen LogP contribution < -0.4 is 0 Å².